The quantitative estimate of drug-likeness (QED) is 0.898. The van der Waals surface area contributed by atoms with Crippen LogP contribution in [-0.4, -0.2) is 11.9 Å². The zero-order valence-electron chi connectivity index (χ0n) is 10.1. The van der Waals surface area contributed by atoms with Gasteiger partial charge in [-0.15, -0.1) is 12.4 Å². The molecule has 1 amide bonds. The molecule has 3 N–H and O–H groups in total. The van der Waals surface area contributed by atoms with E-state index < -0.39 is 0 Å². The molecule has 0 bridgehead atoms. The summed E-state index contributed by atoms with van der Waals surface area (Å²) in [6, 6.07) is 7.73. The lowest BCUT2D eigenvalue weighted by atomic mass is 10.1. The maximum Gasteiger partial charge on any atom is 0.223 e. The Morgan fingerprint density at radius 3 is 2.72 bits per heavy atom. The molecule has 0 spiro atoms. The molecule has 1 aromatic rings. The standard InChI is InChI=1S/C13H17ClN2O.ClH/c14-12-4-2-1-3-10(12)8-16-13(17)9-5-6-11(15)7-9;/h1-4,9,11H,5-8,15H2,(H,16,17);1H. The van der Waals surface area contributed by atoms with E-state index >= 15 is 0 Å². The number of rotatable bonds is 3. The van der Waals surface area contributed by atoms with Crippen molar-refractivity contribution in [3.8, 4) is 0 Å². The van der Waals surface area contributed by atoms with Gasteiger partial charge in [0.2, 0.25) is 5.91 Å². The van der Waals surface area contributed by atoms with Crippen LogP contribution in [0, 0.1) is 5.92 Å². The van der Waals surface area contributed by atoms with Crippen LogP contribution < -0.4 is 11.1 Å². The zero-order chi connectivity index (χ0) is 12.3. The third-order valence-electron chi connectivity index (χ3n) is 3.25. The number of nitrogens with one attached hydrogen (secondary N) is 1. The minimum Gasteiger partial charge on any atom is -0.352 e. The molecule has 0 saturated heterocycles. The highest BCUT2D eigenvalue weighted by Gasteiger charge is 2.27. The SMILES string of the molecule is Cl.NC1CCC(C(=O)NCc2ccccc2Cl)C1. The van der Waals surface area contributed by atoms with Crippen molar-refractivity contribution in [3.63, 3.8) is 0 Å². The third-order valence-corrected chi connectivity index (χ3v) is 3.62. The van der Waals surface area contributed by atoms with Crippen LogP contribution in [0.25, 0.3) is 0 Å². The number of benzene rings is 1. The molecule has 1 aliphatic carbocycles. The summed E-state index contributed by atoms with van der Waals surface area (Å²) in [6.07, 6.45) is 2.65. The fraction of sp³-hybridized carbons (Fsp3) is 0.462. The lowest BCUT2D eigenvalue weighted by Crippen LogP contribution is -2.30. The van der Waals surface area contributed by atoms with Gasteiger partial charge in [0, 0.05) is 23.5 Å². The number of hydrogen-bond donors (Lipinski definition) is 2. The molecule has 0 aliphatic heterocycles. The Bertz CT molecular complexity index is 412. The monoisotopic (exact) mass is 288 g/mol. The minimum absolute atomic E-state index is 0. The second-order valence-electron chi connectivity index (χ2n) is 4.58. The van der Waals surface area contributed by atoms with Gasteiger partial charge in [0.1, 0.15) is 0 Å². The van der Waals surface area contributed by atoms with E-state index in [1.165, 1.54) is 0 Å². The van der Waals surface area contributed by atoms with E-state index in [1.807, 2.05) is 24.3 Å². The molecule has 1 fully saturated rings. The summed E-state index contributed by atoms with van der Waals surface area (Å²) < 4.78 is 0. The Morgan fingerprint density at radius 1 is 1.39 bits per heavy atom. The molecule has 1 saturated carbocycles. The van der Waals surface area contributed by atoms with Gasteiger partial charge in [-0.25, -0.2) is 0 Å². The van der Waals surface area contributed by atoms with Crippen molar-refractivity contribution < 1.29 is 4.79 Å². The first-order valence-electron chi connectivity index (χ1n) is 5.93. The fourth-order valence-corrected chi connectivity index (χ4v) is 2.43. The van der Waals surface area contributed by atoms with Gasteiger partial charge in [0.15, 0.2) is 0 Å². The van der Waals surface area contributed by atoms with Gasteiger partial charge < -0.3 is 11.1 Å². The van der Waals surface area contributed by atoms with Crippen LogP contribution in [0.4, 0.5) is 0 Å². The smallest absolute Gasteiger partial charge is 0.223 e. The van der Waals surface area contributed by atoms with Gasteiger partial charge in [-0.2, -0.15) is 0 Å². The summed E-state index contributed by atoms with van der Waals surface area (Å²) in [6.45, 7) is 0.490. The van der Waals surface area contributed by atoms with Crippen molar-refractivity contribution in [1.29, 1.82) is 0 Å². The summed E-state index contributed by atoms with van der Waals surface area (Å²) in [5.74, 6) is 0.172. The molecule has 1 aliphatic rings. The maximum absolute atomic E-state index is 11.9. The van der Waals surface area contributed by atoms with E-state index in [4.69, 9.17) is 17.3 Å². The Hall–Kier alpha value is -0.770. The van der Waals surface area contributed by atoms with E-state index in [0.717, 1.165) is 24.8 Å². The summed E-state index contributed by atoms with van der Waals surface area (Å²) in [7, 11) is 0. The normalized spacial score (nSPS) is 22.3. The van der Waals surface area contributed by atoms with Crippen molar-refractivity contribution in [2.75, 3.05) is 0 Å². The topological polar surface area (TPSA) is 55.1 Å². The molecule has 2 atom stereocenters. The molecule has 1 aromatic carbocycles. The van der Waals surface area contributed by atoms with Crippen LogP contribution in [0.5, 0.6) is 0 Å². The minimum atomic E-state index is 0. The Morgan fingerprint density at radius 2 is 2.11 bits per heavy atom. The highest BCUT2D eigenvalue weighted by atomic mass is 35.5. The molecular formula is C13H18Cl2N2O. The van der Waals surface area contributed by atoms with Crippen LogP contribution in [-0.2, 0) is 11.3 Å². The molecule has 0 radical (unpaired) electrons. The third kappa shape index (κ3) is 3.87. The molecular weight excluding hydrogens is 271 g/mol. The van der Waals surface area contributed by atoms with Crippen LogP contribution >= 0.6 is 24.0 Å². The molecule has 0 heterocycles. The van der Waals surface area contributed by atoms with Gasteiger partial charge >= 0.3 is 0 Å². The number of nitrogens with two attached hydrogens (primary N) is 1. The molecule has 100 valence electrons. The molecule has 5 heteroatoms. The van der Waals surface area contributed by atoms with Crippen molar-refractivity contribution >= 4 is 29.9 Å². The second kappa shape index (κ2) is 6.98. The first-order chi connectivity index (χ1) is 8.16. The maximum atomic E-state index is 11.9. The van der Waals surface area contributed by atoms with Crippen molar-refractivity contribution in [1.82, 2.24) is 5.32 Å². The average Bonchev–Trinajstić information content (AvgIpc) is 2.74. The lowest BCUT2D eigenvalue weighted by Gasteiger charge is -2.11. The first-order valence-corrected chi connectivity index (χ1v) is 6.31. The molecule has 2 unspecified atom stereocenters. The average molecular weight is 289 g/mol. The van der Waals surface area contributed by atoms with Crippen LogP contribution in [0.2, 0.25) is 5.02 Å². The van der Waals surface area contributed by atoms with Crippen molar-refractivity contribution in [2.45, 2.75) is 31.8 Å². The summed E-state index contributed by atoms with van der Waals surface area (Å²) in [4.78, 5) is 11.9. The van der Waals surface area contributed by atoms with E-state index in [2.05, 4.69) is 5.32 Å². The lowest BCUT2D eigenvalue weighted by molar-refractivity contribution is -0.125. The van der Waals surface area contributed by atoms with Gasteiger partial charge in [-0.05, 0) is 30.9 Å². The van der Waals surface area contributed by atoms with Crippen LogP contribution in [0.1, 0.15) is 24.8 Å². The Balaban J connectivity index is 0.00000162. The summed E-state index contributed by atoms with van der Waals surface area (Å²) in [5, 5.41) is 3.61. The zero-order valence-corrected chi connectivity index (χ0v) is 11.6. The predicted molar refractivity (Wildman–Crippen MR) is 75.9 cm³/mol. The highest BCUT2D eigenvalue weighted by molar-refractivity contribution is 6.31. The number of hydrogen-bond acceptors (Lipinski definition) is 2. The second-order valence-corrected chi connectivity index (χ2v) is 4.99. The molecule has 18 heavy (non-hydrogen) atoms. The van der Waals surface area contributed by atoms with E-state index in [0.29, 0.717) is 11.6 Å². The number of amides is 1. The van der Waals surface area contributed by atoms with E-state index in [-0.39, 0.29) is 30.3 Å². The first kappa shape index (κ1) is 15.3. The van der Waals surface area contributed by atoms with Gasteiger partial charge in [-0.3, -0.25) is 4.79 Å². The number of carbonyl (C=O) groups excluding carboxylic acids is 1. The van der Waals surface area contributed by atoms with Crippen molar-refractivity contribution in [2.24, 2.45) is 11.7 Å². The molecule has 3 nitrogen and oxygen atoms in total. The largest absolute Gasteiger partial charge is 0.352 e. The molecule has 2 rings (SSSR count). The van der Waals surface area contributed by atoms with E-state index in [9.17, 15) is 4.79 Å². The summed E-state index contributed by atoms with van der Waals surface area (Å²) in [5.41, 5.74) is 6.74. The number of carbonyl (C=O) groups is 1. The predicted octanol–water partition coefficient (Wildman–Crippen LogP) is 2.51. The molecule has 0 aromatic heterocycles. The van der Waals surface area contributed by atoms with Crippen molar-refractivity contribution in [3.05, 3.63) is 34.9 Å². The summed E-state index contributed by atoms with van der Waals surface area (Å²) >= 11 is 6.02. The highest BCUT2D eigenvalue weighted by Crippen LogP contribution is 2.24. The Kier molecular flexibility index (Phi) is 5.93. The van der Waals surface area contributed by atoms with Gasteiger partial charge in [0.25, 0.3) is 0 Å². The number of halogens is 2. The van der Waals surface area contributed by atoms with Crippen LogP contribution in [0.15, 0.2) is 24.3 Å². The van der Waals surface area contributed by atoms with Gasteiger partial charge in [-0.1, -0.05) is 29.8 Å². The van der Waals surface area contributed by atoms with Gasteiger partial charge in [0.05, 0.1) is 0 Å². The fourth-order valence-electron chi connectivity index (χ4n) is 2.22. The van der Waals surface area contributed by atoms with E-state index in [1.54, 1.807) is 0 Å². The van der Waals surface area contributed by atoms with Crippen LogP contribution in [0.3, 0.4) is 0 Å². The Labute approximate surface area is 118 Å².